The van der Waals surface area contributed by atoms with Crippen LogP contribution >= 0.6 is 0 Å². The van der Waals surface area contributed by atoms with Gasteiger partial charge >= 0.3 is 0 Å². The number of hydrogen-bond donors (Lipinski definition) is 1. The van der Waals surface area contributed by atoms with E-state index in [1.807, 2.05) is 39.0 Å². The Kier molecular flexibility index (Phi) is 33.0. The number of rotatable bonds is 2. The minimum absolute atomic E-state index is 0. The second kappa shape index (κ2) is 24.5. The Bertz CT molecular complexity index is 147. The summed E-state index contributed by atoms with van der Waals surface area (Å²) in [6.07, 6.45) is 14.9. The third kappa shape index (κ3) is 23.8. The zero-order valence-corrected chi connectivity index (χ0v) is 13.8. The summed E-state index contributed by atoms with van der Waals surface area (Å²) < 4.78 is 0. The van der Waals surface area contributed by atoms with Gasteiger partial charge in [0.1, 0.15) is 0 Å². The SMILES string of the molecule is C=C[C-]=C/C=C\C.CC.[CH-]1CCNCC1.[Y]. The molecule has 1 saturated heterocycles. The molecule has 0 saturated carbocycles. The van der Waals surface area contributed by atoms with E-state index >= 15 is 0 Å². The molecule has 0 spiro atoms. The van der Waals surface area contributed by atoms with Crippen LogP contribution in [0.3, 0.4) is 0 Å². The van der Waals surface area contributed by atoms with E-state index < -0.39 is 0 Å². The fourth-order valence-corrected chi connectivity index (χ4v) is 0.897. The molecule has 0 unspecified atom stereocenters. The van der Waals surface area contributed by atoms with Gasteiger partial charge in [-0.3, -0.25) is 0 Å². The molecule has 16 heavy (non-hydrogen) atoms. The van der Waals surface area contributed by atoms with E-state index in [9.17, 15) is 0 Å². The van der Waals surface area contributed by atoms with Crippen molar-refractivity contribution in [2.75, 3.05) is 13.1 Å². The molecule has 1 N–H and O–H groups in total. The van der Waals surface area contributed by atoms with Gasteiger partial charge in [0, 0.05) is 32.7 Å². The smallest absolute Gasteiger partial charge is 0 e. The first-order chi connectivity index (χ1) is 7.41. The van der Waals surface area contributed by atoms with Gasteiger partial charge in [0.05, 0.1) is 0 Å². The van der Waals surface area contributed by atoms with Crippen LogP contribution in [0.5, 0.6) is 0 Å². The first-order valence-electron chi connectivity index (χ1n) is 5.75. The average molecular weight is 296 g/mol. The van der Waals surface area contributed by atoms with Crippen LogP contribution in [-0.4, -0.2) is 13.1 Å². The molecule has 0 aliphatic carbocycles. The summed E-state index contributed by atoms with van der Waals surface area (Å²) in [7, 11) is 0. The summed E-state index contributed by atoms with van der Waals surface area (Å²) in [5.74, 6) is 0. The first-order valence-corrected chi connectivity index (χ1v) is 5.75. The third-order valence-electron chi connectivity index (χ3n) is 1.55. The maximum Gasteiger partial charge on any atom is 0 e. The Balaban J connectivity index is -0.000000174. The Morgan fingerprint density at radius 2 is 1.81 bits per heavy atom. The minimum Gasteiger partial charge on any atom is -0.326 e. The van der Waals surface area contributed by atoms with Crippen molar-refractivity contribution < 1.29 is 32.7 Å². The fraction of sp³-hybridized carbons (Fsp3) is 0.500. The van der Waals surface area contributed by atoms with Gasteiger partial charge in [-0.1, -0.05) is 20.8 Å². The number of hydrogen-bond acceptors (Lipinski definition) is 1. The van der Waals surface area contributed by atoms with Gasteiger partial charge in [0.2, 0.25) is 0 Å². The molecule has 1 fully saturated rings. The normalized spacial score (nSPS) is 14.2. The summed E-state index contributed by atoms with van der Waals surface area (Å²) in [6, 6.07) is 0. The van der Waals surface area contributed by atoms with Crippen molar-refractivity contribution in [3.05, 3.63) is 43.4 Å². The minimum atomic E-state index is 0. The topological polar surface area (TPSA) is 12.0 Å². The molecule has 1 aliphatic rings. The van der Waals surface area contributed by atoms with Gasteiger partial charge in [-0.15, -0.1) is 6.08 Å². The number of allylic oxidation sites excluding steroid dienone is 5. The quantitative estimate of drug-likeness (QED) is 0.605. The van der Waals surface area contributed by atoms with Crippen LogP contribution < -0.4 is 5.32 Å². The van der Waals surface area contributed by atoms with Crippen LogP contribution in [0.15, 0.2) is 30.9 Å². The molecule has 1 aliphatic heterocycles. The molecule has 1 rings (SSSR count). The molecule has 1 radical (unpaired) electrons. The predicted octanol–water partition coefficient (Wildman–Crippen LogP) is 3.71. The van der Waals surface area contributed by atoms with Gasteiger partial charge in [-0.25, -0.2) is 0 Å². The van der Waals surface area contributed by atoms with Gasteiger partial charge in [-0.2, -0.15) is 43.7 Å². The molecule has 0 aromatic heterocycles. The van der Waals surface area contributed by atoms with Gasteiger partial charge in [0.15, 0.2) is 0 Å². The Morgan fingerprint density at radius 1 is 1.25 bits per heavy atom. The molecular weight excluding hydrogens is 271 g/mol. The summed E-state index contributed by atoms with van der Waals surface area (Å²) >= 11 is 0. The Hall–Kier alpha value is 0.284. The summed E-state index contributed by atoms with van der Waals surface area (Å²) in [5, 5.41) is 3.25. The van der Waals surface area contributed by atoms with Crippen LogP contribution in [0, 0.1) is 12.5 Å². The molecule has 0 atom stereocenters. The third-order valence-corrected chi connectivity index (χ3v) is 1.55. The molecule has 0 aromatic carbocycles. The molecule has 2 heteroatoms. The molecule has 0 amide bonds. The van der Waals surface area contributed by atoms with Crippen molar-refractivity contribution in [1.82, 2.24) is 5.32 Å². The summed E-state index contributed by atoms with van der Waals surface area (Å²) in [4.78, 5) is 0. The van der Waals surface area contributed by atoms with Gasteiger partial charge in [-0.05, 0) is 13.1 Å². The first kappa shape index (κ1) is 21.6. The Morgan fingerprint density at radius 3 is 2.06 bits per heavy atom. The van der Waals surface area contributed by atoms with E-state index in [4.69, 9.17) is 0 Å². The van der Waals surface area contributed by atoms with E-state index in [1.54, 1.807) is 6.08 Å². The van der Waals surface area contributed by atoms with Gasteiger partial charge < -0.3 is 11.7 Å². The van der Waals surface area contributed by atoms with Crippen molar-refractivity contribution in [2.24, 2.45) is 0 Å². The average Bonchev–Trinajstić information content (AvgIpc) is 2.35. The number of piperidine rings is 1. The van der Waals surface area contributed by atoms with E-state index in [1.165, 1.54) is 25.9 Å². The standard InChI is InChI=1S/C7H9.C5H10N.C2H6.Y/c1-3-5-7-6-4-2;1-2-4-6-5-3-1;1-2;/h3-4,6-7H,1H2,2H3;1,6H,2-5H2;1-2H3;/q2*-1;;/b6-4-;;;. The van der Waals surface area contributed by atoms with Crippen molar-refractivity contribution in [1.29, 1.82) is 0 Å². The van der Waals surface area contributed by atoms with Crippen molar-refractivity contribution in [2.45, 2.75) is 33.6 Å². The van der Waals surface area contributed by atoms with Gasteiger partial charge in [0.25, 0.3) is 0 Å². The summed E-state index contributed by atoms with van der Waals surface area (Å²) in [6.45, 7) is 11.8. The van der Waals surface area contributed by atoms with Crippen molar-refractivity contribution in [3.8, 4) is 0 Å². The Labute approximate surface area is 127 Å². The predicted molar refractivity (Wildman–Crippen MR) is 70.6 cm³/mol. The molecule has 0 aromatic rings. The largest absolute Gasteiger partial charge is 0.326 e. The van der Waals surface area contributed by atoms with E-state index in [2.05, 4.69) is 24.4 Å². The van der Waals surface area contributed by atoms with Crippen LogP contribution in [0.4, 0.5) is 0 Å². The molecule has 1 heterocycles. The van der Waals surface area contributed by atoms with Crippen molar-refractivity contribution >= 4 is 0 Å². The van der Waals surface area contributed by atoms with Crippen LogP contribution in [0.1, 0.15) is 33.6 Å². The van der Waals surface area contributed by atoms with E-state index in [0.29, 0.717) is 0 Å². The maximum atomic E-state index is 3.46. The molecule has 1 nitrogen and oxygen atoms in total. The van der Waals surface area contributed by atoms with Crippen LogP contribution in [0.25, 0.3) is 0 Å². The molecular formula is C14H25NY-2. The van der Waals surface area contributed by atoms with Crippen LogP contribution in [0.2, 0.25) is 0 Å². The monoisotopic (exact) mass is 296 g/mol. The molecule has 0 bridgehead atoms. The van der Waals surface area contributed by atoms with E-state index in [0.717, 1.165) is 0 Å². The van der Waals surface area contributed by atoms with E-state index in [-0.39, 0.29) is 32.7 Å². The summed E-state index contributed by atoms with van der Waals surface area (Å²) in [5.41, 5.74) is 0. The zero-order chi connectivity index (χ0) is 11.8. The maximum absolute atomic E-state index is 3.46. The second-order valence-corrected chi connectivity index (χ2v) is 2.68. The van der Waals surface area contributed by atoms with Crippen molar-refractivity contribution in [3.63, 3.8) is 0 Å². The number of nitrogens with one attached hydrogen (secondary N) is 1. The van der Waals surface area contributed by atoms with Crippen LogP contribution in [-0.2, 0) is 32.7 Å². The fourth-order valence-electron chi connectivity index (χ4n) is 0.897. The second-order valence-electron chi connectivity index (χ2n) is 2.68. The molecule has 91 valence electrons. The zero-order valence-electron chi connectivity index (χ0n) is 11.0.